The maximum Gasteiger partial charge on any atom is 0.274 e. The molecule has 2 aromatic rings. The third-order valence-electron chi connectivity index (χ3n) is 5.39. The predicted octanol–water partition coefficient (Wildman–Crippen LogP) is 2.16. The fourth-order valence-electron chi connectivity index (χ4n) is 3.88. The molecule has 0 atom stereocenters. The molecule has 0 bridgehead atoms. The molecule has 4 rings (SSSR count). The van der Waals surface area contributed by atoms with Gasteiger partial charge in [0.15, 0.2) is 10.7 Å². The molecule has 2 fully saturated rings. The topological polar surface area (TPSA) is 44.1 Å². The maximum atomic E-state index is 13.2. The van der Waals surface area contributed by atoms with Gasteiger partial charge in [0.2, 0.25) is 0 Å². The van der Waals surface area contributed by atoms with Crippen LogP contribution in [-0.4, -0.2) is 76.3 Å². The number of thiazole rings is 1. The second-order valence-electron chi connectivity index (χ2n) is 7.25. The zero-order chi connectivity index (χ0) is 17.2. The standard InChI is InChI=1S/C18H27N5OS/c1-20-6-5-9-22(11-10-20)17(24)16-15(14-21-7-3-2-4-8-21)23-12-13-25-18(23)19-16/h12-13H,2-11,14H2,1H3. The summed E-state index contributed by atoms with van der Waals surface area (Å²) >= 11 is 1.61. The Kier molecular flexibility index (Phi) is 5.05. The molecule has 6 nitrogen and oxygen atoms in total. The molecule has 7 heteroatoms. The summed E-state index contributed by atoms with van der Waals surface area (Å²) in [6.07, 6.45) is 6.93. The molecule has 0 saturated carbocycles. The molecule has 2 aromatic heterocycles. The van der Waals surface area contributed by atoms with Gasteiger partial charge in [0, 0.05) is 37.8 Å². The number of amides is 1. The van der Waals surface area contributed by atoms with Gasteiger partial charge in [-0.05, 0) is 45.9 Å². The van der Waals surface area contributed by atoms with E-state index in [2.05, 4.69) is 32.8 Å². The lowest BCUT2D eigenvalue weighted by atomic mass is 10.1. The van der Waals surface area contributed by atoms with Crippen LogP contribution in [-0.2, 0) is 6.54 Å². The summed E-state index contributed by atoms with van der Waals surface area (Å²) in [6, 6.07) is 0. The molecular weight excluding hydrogens is 334 g/mol. The predicted molar refractivity (Wildman–Crippen MR) is 100 cm³/mol. The quantitative estimate of drug-likeness (QED) is 0.840. The van der Waals surface area contributed by atoms with Gasteiger partial charge in [-0.25, -0.2) is 4.98 Å². The van der Waals surface area contributed by atoms with Crippen molar-refractivity contribution in [3.63, 3.8) is 0 Å². The summed E-state index contributed by atoms with van der Waals surface area (Å²) in [6.45, 7) is 6.70. The first kappa shape index (κ1) is 17.0. The monoisotopic (exact) mass is 361 g/mol. The molecule has 2 aliphatic rings. The Labute approximate surface area is 153 Å². The van der Waals surface area contributed by atoms with Crippen molar-refractivity contribution < 1.29 is 4.79 Å². The number of likely N-dealkylation sites (N-methyl/N-ethyl adjacent to an activating group) is 1. The van der Waals surface area contributed by atoms with Crippen LogP contribution in [0.5, 0.6) is 0 Å². The fourth-order valence-corrected chi connectivity index (χ4v) is 4.62. The van der Waals surface area contributed by atoms with E-state index >= 15 is 0 Å². The smallest absolute Gasteiger partial charge is 0.274 e. The summed E-state index contributed by atoms with van der Waals surface area (Å²) < 4.78 is 2.12. The van der Waals surface area contributed by atoms with E-state index in [1.54, 1.807) is 11.3 Å². The minimum absolute atomic E-state index is 0.109. The SMILES string of the molecule is CN1CCCN(C(=O)c2nc3sccn3c2CN2CCCCC2)CC1. The van der Waals surface area contributed by atoms with Gasteiger partial charge in [0.1, 0.15) is 0 Å². The molecule has 1 amide bonds. The summed E-state index contributed by atoms with van der Waals surface area (Å²) in [5.41, 5.74) is 1.74. The van der Waals surface area contributed by atoms with E-state index in [1.807, 2.05) is 4.90 Å². The van der Waals surface area contributed by atoms with Crippen LogP contribution in [0, 0.1) is 0 Å². The van der Waals surface area contributed by atoms with Crippen molar-refractivity contribution in [2.24, 2.45) is 0 Å². The fraction of sp³-hybridized carbons (Fsp3) is 0.667. The number of likely N-dealkylation sites (tertiary alicyclic amines) is 1. The average Bonchev–Trinajstić information content (AvgIpc) is 3.13. The highest BCUT2D eigenvalue weighted by atomic mass is 32.1. The van der Waals surface area contributed by atoms with Crippen molar-refractivity contribution in [3.8, 4) is 0 Å². The second-order valence-corrected chi connectivity index (χ2v) is 8.12. The van der Waals surface area contributed by atoms with Crippen molar-refractivity contribution in [2.75, 3.05) is 46.3 Å². The third-order valence-corrected chi connectivity index (χ3v) is 6.15. The zero-order valence-corrected chi connectivity index (χ0v) is 15.8. The number of imidazole rings is 1. The Morgan fingerprint density at radius 3 is 2.76 bits per heavy atom. The van der Waals surface area contributed by atoms with Gasteiger partial charge in [-0.1, -0.05) is 6.42 Å². The summed E-state index contributed by atoms with van der Waals surface area (Å²) in [5, 5.41) is 2.05. The van der Waals surface area contributed by atoms with E-state index in [-0.39, 0.29) is 5.91 Å². The number of aromatic nitrogens is 2. The number of carbonyl (C=O) groups is 1. The lowest BCUT2D eigenvalue weighted by molar-refractivity contribution is 0.0754. The summed E-state index contributed by atoms with van der Waals surface area (Å²) in [5.74, 6) is 0.109. The molecule has 25 heavy (non-hydrogen) atoms. The Morgan fingerprint density at radius 2 is 1.92 bits per heavy atom. The first-order valence-electron chi connectivity index (χ1n) is 9.37. The zero-order valence-electron chi connectivity index (χ0n) is 15.0. The van der Waals surface area contributed by atoms with E-state index in [4.69, 9.17) is 4.98 Å². The number of nitrogens with zero attached hydrogens (tertiary/aromatic N) is 5. The minimum atomic E-state index is 0.109. The number of piperidine rings is 1. The largest absolute Gasteiger partial charge is 0.336 e. The summed E-state index contributed by atoms with van der Waals surface area (Å²) in [4.78, 5) is 25.6. The molecule has 0 aliphatic carbocycles. The number of rotatable bonds is 3. The molecule has 0 aromatic carbocycles. The van der Waals surface area contributed by atoms with Crippen LogP contribution < -0.4 is 0 Å². The first-order chi connectivity index (χ1) is 12.2. The molecule has 2 aliphatic heterocycles. The first-order valence-corrected chi connectivity index (χ1v) is 10.2. The lowest BCUT2D eigenvalue weighted by Gasteiger charge is -2.27. The Morgan fingerprint density at radius 1 is 1.08 bits per heavy atom. The molecule has 4 heterocycles. The van der Waals surface area contributed by atoms with Crippen LogP contribution in [0.4, 0.5) is 0 Å². The molecule has 2 saturated heterocycles. The molecule has 0 unspecified atom stereocenters. The van der Waals surface area contributed by atoms with E-state index in [9.17, 15) is 4.79 Å². The van der Waals surface area contributed by atoms with Crippen molar-refractivity contribution in [1.29, 1.82) is 0 Å². The minimum Gasteiger partial charge on any atom is -0.336 e. The average molecular weight is 362 g/mol. The van der Waals surface area contributed by atoms with Crippen LogP contribution in [0.1, 0.15) is 41.9 Å². The van der Waals surface area contributed by atoms with Gasteiger partial charge in [-0.15, -0.1) is 11.3 Å². The molecular formula is C18H27N5OS. The van der Waals surface area contributed by atoms with Gasteiger partial charge in [0.25, 0.3) is 5.91 Å². The molecule has 0 spiro atoms. The van der Waals surface area contributed by atoms with Crippen molar-refractivity contribution in [1.82, 2.24) is 24.1 Å². The highest BCUT2D eigenvalue weighted by Crippen LogP contribution is 2.22. The van der Waals surface area contributed by atoms with Crippen molar-refractivity contribution in [2.45, 2.75) is 32.2 Å². The van der Waals surface area contributed by atoms with Gasteiger partial charge in [-0.3, -0.25) is 14.1 Å². The highest BCUT2D eigenvalue weighted by Gasteiger charge is 2.27. The van der Waals surface area contributed by atoms with E-state index in [0.29, 0.717) is 5.69 Å². The molecule has 0 N–H and O–H groups in total. The second kappa shape index (κ2) is 7.43. The van der Waals surface area contributed by atoms with Crippen LogP contribution in [0.25, 0.3) is 4.96 Å². The van der Waals surface area contributed by atoms with Crippen LogP contribution in [0.2, 0.25) is 0 Å². The van der Waals surface area contributed by atoms with Gasteiger partial charge in [-0.2, -0.15) is 0 Å². The lowest BCUT2D eigenvalue weighted by Crippen LogP contribution is -2.36. The van der Waals surface area contributed by atoms with Crippen LogP contribution in [0.15, 0.2) is 11.6 Å². The van der Waals surface area contributed by atoms with E-state index in [1.165, 1.54) is 19.3 Å². The molecule has 136 valence electrons. The van der Waals surface area contributed by atoms with Gasteiger partial charge >= 0.3 is 0 Å². The van der Waals surface area contributed by atoms with E-state index < -0.39 is 0 Å². The number of fused-ring (bicyclic) bond motifs is 1. The molecule has 0 radical (unpaired) electrons. The van der Waals surface area contributed by atoms with Gasteiger partial charge < -0.3 is 9.80 Å². The van der Waals surface area contributed by atoms with E-state index in [0.717, 1.165) is 62.9 Å². The Balaban J connectivity index is 1.60. The normalized spacial score (nSPS) is 20.9. The van der Waals surface area contributed by atoms with Crippen molar-refractivity contribution >= 4 is 22.2 Å². The van der Waals surface area contributed by atoms with Gasteiger partial charge in [0.05, 0.1) is 5.69 Å². The summed E-state index contributed by atoms with van der Waals surface area (Å²) in [7, 11) is 2.13. The van der Waals surface area contributed by atoms with Crippen molar-refractivity contribution in [3.05, 3.63) is 23.0 Å². The number of carbonyl (C=O) groups excluding carboxylic acids is 1. The van der Waals surface area contributed by atoms with Crippen LogP contribution >= 0.6 is 11.3 Å². The third kappa shape index (κ3) is 3.59. The number of hydrogen-bond donors (Lipinski definition) is 0. The van der Waals surface area contributed by atoms with Crippen LogP contribution in [0.3, 0.4) is 0 Å². The Hall–Kier alpha value is -1.44. The Bertz CT molecular complexity index is 733. The number of hydrogen-bond acceptors (Lipinski definition) is 5. The highest BCUT2D eigenvalue weighted by molar-refractivity contribution is 7.15. The maximum absolute atomic E-state index is 13.2.